The Morgan fingerprint density at radius 2 is 0.792 bits per heavy atom. The smallest absolute Gasteiger partial charge is 0.124 e. The van der Waals surface area contributed by atoms with Crippen LogP contribution in [-0.2, 0) is 0 Å². The van der Waals surface area contributed by atoms with Crippen molar-refractivity contribution in [2.75, 3.05) is 6.54 Å². The van der Waals surface area contributed by atoms with Gasteiger partial charge in [-0.05, 0) is 31.1 Å². The van der Waals surface area contributed by atoms with E-state index in [0.717, 1.165) is 0 Å². The molecule has 0 aromatic carbocycles. The van der Waals surface area contributed by atoms with Crippen LogP contribution >= 0.6 is 0 Å². The molecule has 0 atom stereocenters. The van der Waals surface area contributed by atoms with Gasteiger partial charge in [0.1, 0.15) is 8.24 Å². The first kappa shape index (κ1) is 24.2. The minimum Gasteiger partial charge on any atom is -0.337 e. The van der Waals surface area contributed by atoms with Crippen molar-refractivity contribution in [2.24, 2.45) is 0 Å². The fourth-order valence-electron chi connectivity index (χ4n) is 3.80. The molecule has 0 fully saturated rings. The maximum Gasteiger partial charge on any atom is 0.124 e. The van der Waals surface area contributed by atoms with Crippen LogP contribution in [0.5, 0.6) is 0 Å². The van der Waals surface area contributed by atoms with Gasteiger partial charge >= 0.3 is 0 Å². The molecule has 2 heteroatoms. The predicted molar refractivity (Wildman–Crippen MR) is 116 cm³/mol. The van der Waals surface area contributed by atoms with Crippen molar-refractivity contribution in [1.82, 2.24) is 4.98 Å². The van der Waals surface area contributed by atoms with Gasteiger partial charge in [0.05, 0.1) is 0 Å². The monoisotopic (exact) mass is 355 g/mol. The molecule has 1 nitrogen and oxygen atoms in total. The van der Waals surface area contributed by atoms with E-state index in [9.17, 15) is 0 Å². The molecule has 0 unspecified atom stereocenters. The Bertz CT molecular complexity index is 230. The third kappa shape index (κ3) is 13.5. The molecule has 0 bridgehead atoms. The van der Waals surface area contributed by atoms with Gasteiger partial charge in [-0.25, -0.2) is 0 Å². The van der Waals surface area contributed by atoms with E-state index >= 15 is 0 Å². The standard InChI is InChI=1S/C22H49NSi/c1-5-9-10-11-12-13-14-15-16-17-18-19-20-21-22-23-24(6-2,7-3)8-4/h23H,5-22H2,1-4H3. The summed E-state index contributed by atoms with van der Waals surface area (Å²) >= 11 is 0. The second-order valence-electron chi connectivity index (χ2n) is 7.86. The van der Waals surface area contributed by atoms with Crippen LogP contribution < -0.4 is 4.98 Å². The number of unbranched alkanes of at least 4 members (excludes halogenated alkanes) is 13. The zero-order valence-corrected chi connectivity index (χ0v) is 18.7. The summed E-state index contributed by atoms with van der Waals surface area (Å²) in [5.74, 6) is 0. The molecule has 0 amide bonds. The average molecular weight is 356 g/mol. The Morgan fingerprint density at radius 1 is 0.458 bits per heavy atom. The molecule has 0 aromatic heterocycles. The normalized spacial score (nSPS) is 12.0. The second kappa shape index (κ2) is 18.0. The van der Waals surface area contributed by atoms with E-state index in [1.807, 2.05) is 0 Å². The van der Waals surface area contributed by atoms with Gasteiger partial charge in [-0.2, -0.15) is 0 Å². The zero-order chi connectivity index (χ0) is 17.9. The van der Waals surface area contributed by atoms with Crippen molar-refractivity contribution in [2.45, 2.75) is 136 Å². The highest BCUT2D eigenvalue weighted by Gasteiger charge is 2.25. The molecular weight excluding hydrogens is 306 g/mol. The fraction of sp³-hybridized carbons (Fsp3) is 1.00. The van der Waals surface area contributed by atoms with Crippen molar-refractivity contribution in [1.29, 1.82) is 0 Å². The molecule has 0 radical (unpaired) electrons. The molecule has 0 aliphatic rings. The van der Waals surface area contributed by atoms with Gasteiger partial charge in [0.25, 0.3) is 0 Å². The van der Waals surface area contributed by atoms with Crippen LogP contribution in [0, 0.1) is 0 Å². The Balaban J connectivity index is 3.23. The molecule has 146 valence electrons. The third-order valence-electron chi connectivity index (χ3n) is 6.06. The Morgan fingerprint density at radius 3 is 1.12 bits per heavy atom. The molecular formula is C22H49NSi. The van der Waals surface area contributed by atoms with E-state index in [1.54, 1.807) is 0 Å². The molecule has 0 aliphatic carbocycles. The van der Waals surface area contributed by atoms with Crippen molar-refractivity contribution >= 4 is 8.24 Å². The van der Waals surface area contributed by atoms with Gasteiger partial charge in [0.15, 0.2) is 0 Å². The first-order valence-corrected chi connectivity index (χ1v) is 14.1. The first-order chi connectivity index (χ1) is 11.7. The first-order valence-electron chi connectivity index (χ1n) is 11.5. The lowest BCUT2D eigenvalue weighted by atomic mass is 10.0. The van der Waals surface area contributed by atoms with E-state index in [-0.39, 0.29) is 0 Å². The van der Waals surface area contributed by atoms with Gasteiger partial charge in [-0.15, -0.1) is 0 Å². The van der Waals surface area contributed by atoms with E-state index < -0.39 is 8.24 Å². The van der Waals surface area contributed by atoms with Gasteiger partial charge in [-0.1, -0.05) is 111 Å². The van der Waals surface area contributed by atoms with Crippen LogP contribution in [0.4, 0.5) is 0 Å². The third-order valence-corrected chi connectivity index (χ3v) is 11.1. The van der Waals surface area contributed by atoms with Crippen LogP contribution in [-0.4, -0.2) is 14.8 Å². The summed E-state index contributed by atoms with van der Waals surface area (Å²) in [5.41, 5.74) is 0. The molecule has 0 saturated heterocycles. The van der Waals surface area contributed by atoms with Gasteiger partial charge in [0, 0.05) is 0 Å². The Labute approximate surface area is 155 Å². The Kier molecular flexibility index (Phi) is 18.1. The molecule has 0 saturated carbocycles. The highest BCUT2D eigenvalue weighted by Crippen LogP contribution is 2.17. The van der Waals surface area contributed by atoms with Crippen molar-refractivity contribution in [3.05, 3.63) is 0 Å². The second-order valence-corrected chi connectivity index (χ2v) is 12.9. The van der Waals surface area contributed by atoms with E-state index in [2.05, 4.69) is 32.7 Å². The van der Waals surface area contributed by atoms with Crippen molar-refractivity contribution < 1.29 is 0 Å². The molecule has 0 rings (SSSR count). The highest BCUT2D eigenvalue weighted by atomic mass is 28.3. The van der Waals surface area contributed by atoms with Crippen LogP contribution in [0.25, 0.3) is 0 Å². The lowest BCUT2D eigenvalue weighted by molar-refractivity contribution is 0.535. The summed E-state index contributed by atoms with van der Waals surface area (Å²) in [6.07, 6.45) is 20.4. The summed E-state index contributed by atoms with van der Waals surface area (Å²) in [6, 6.07) is 4.20. The van der Waals surface area contributed by atoms with E-state index in [1.165, 1.54) is 115 Å². The number of hydrogen-bond donors (Lipinski definition) is 1. The average Bonchev–Trinajstić information content (AvgIpc) is 2.62. The van der Waals surface area contributed by atoms with Crippen molar-refractivity contribution in [3.8, 4) is 0 Å². The van der Waals surface area contributed by atoms with Gasteiger partial charge in [-0.3, -0.25) is 0 Å². The fourth-order valence-corrected chi connectivity index (χ4v) is 6.76. The lowest BCUT2D eigenvalue weighted by Crippen LogP contribution is -2.49. The minimum absolute atomic E-state index is 1.07. The summed E-state index contributed by atoms with van der Waals surface area (Å²) < 4.78 is 0. The zero-order valence-electron chi connectivity index (χ0n) is 17.7. The number of hydrogen-bond acceptors (Lipinski definition) is 1. The maximum atomic E-state index is 3.96. The maximum absolute atomic E-state index is 3.96. The molecule has 0 spiro atoms. The summed E-state index contributed by atoms with van der Waals surface area (Å²) in [5, 5.41) is 0. The molecule has 0 aromatic rings. The predicted octanol–water partition coefficient (Wildman–Crippen LogP) is 8.06. The van der Waals surface area contributed by atoms with Gasteiger partial charge in [0.2, 0.25) is 0 Å². The highest BCUT2D eigenvalue weighted by molar-refractivity contribution is 6.77. The van der Waals surface area contributed by atoms with Gasteiger partial charge < -0.3 is 4.98 Å². The summed E-state index contributed by atoms with van der Waals surface area (Å²) in [7, 11) is -1.07. The largest absolute Gasteiger partial charge is 0.337 e. The lowest BCUT2D eigenvalue weighted by Gasteiger charge is -2.29. The number of rotatable bonds is 19. The summed E-state index contributed by atoms with van der Waals surface area (Å²) in [4.78, 5) is 3.96. The van der Waals surface area contributed by atoms with E-state index in [4.69, 9.17) is 0 Å². The van der Waals surface area contributed by atoms with Crippen LogP contribution in [0.1, 0.15) is 118 Å². The SMILES string of the molecule is CCCCCCCCCCCCCCCCN[Si](CC)(CC)CC. The van der Waals surface area contributed by atoms with Crippen LogP contribution in [0.15, 0.2) is 0 Å². The topological polar surface area (TPSA) is 12.0 Å². The quantitative estimate of drug-likeness (QED) is 0.182. The molecule has 0 aliphatic heterocycles. The number of nitrogens with one attached hydrogen (secondary N) is 1. The Hall–Kier alpha value is 0.177. The molecule has 24 heavy (non-hydrogen) atoms. The molecule has 1 N–H and O–H groups in total. The van der Waals surface area contributed by atoms with Crippen molar-refractivity contribution in [3.63, 3.8) is 0 Å². The minimum atomic E-state index is -1.07. The van der Waals surface area contributed by atoms with Crippen LogP contribution in [0.3, 0.4) is 0 Å². The van der Waals surface area contributed by atoms with E-state index in [0.29, 0.717) is 0 Å². The van der Waals surface area contributed by atoms with Crippen LogP contribution in [0.2, 0.25) is 18.1 Å². The molecule has 0 heterocycles. The summed E-state index contributed by atoms with van der Waals surface area (Å²) in [6.45, 7) is 10.7.